The highest BCUT2D eigenvalue weighted by molar-refractivity contribution is 7.92. The Kier molecular flexibility index (Phi) is 10.7. The van der Waals surface area contributed by atoms with E-state index in [9.17, 15) is 21.9 Å². The molecule has 3 fully saturated rings. The lowest BCUT2D eigenvalue weighted by atomic mass is 9.88. The monoisotopic (exact) mass is 713 g/mol. The van der Waals surface area contributed by atoms with E-state index in [1.807, 2.05) is 44.2 Å². The van der Waals surface area contributed by atoms with E-state index in [-0.39, 0.29) is 40.3 Å². The number of piperidine rings is 1. The second-order valence-electron chi connectivity index (χ2n) is 13.6. The van der Waals surface area contributed by atoms with Crippen LogP contribution in [0.4, 0.5) is 0 Å². The molecule has 2 heterocycles. The Morgan fingerprint density at radius 3 is 2.39 bits per heavy atom. The van der Waals surface area contributed by atoms with Crippen molar-refractivity contribution in [1.82, 2.24) is 9.62 Å². The normalized spacial score (nSPS) is 20.5. The van der Waals surface area contributed by atoms with Crippen molar-refractivity contribution in [2.45, 2.75) is 91.4 Å². The number of sulfone groups is 1. The van der Waals surface area contributed by atoms with Crippen molar-refractivity contribution in [3.8, 4) is 22.6 Å². The van der Waals surface area contributed by atoms with E-state index in [0.29, 0.717) is 69.8 Å². The summed E-state index contributed by atoms with van der Waals surface area (Å²) >= 11 is 0. The highest BCUT2D eigenvalue weighted by Gasteiger charge is 2.45. The molecule has 3 aliphatic rings. The lowest BCUT2D eigenvalue weighted by molar-refractivity contribution is -0.0312. The first-order valence-corrected chi connectivity index (χ1v) is 20.0. The van der Waals surface area contributed by atoms with Crippen LogP contribution in [-0.2, 0) is 31.1 Å². The van der Waals surface area contributed by atoms with Gasteiger partial charge in [0.05, 0.1) is 28.5 Å². The minimum Gasteiger partial charge on any atom is -0.491 e. The average molecular weight is 714 g/mol. The molecule has 0 aromatic heterocycles. The Hall–Kier alpha value is -3.04. The highest BCUT2D eigenvalue weighted by Crippen LogP contribution is 2.40. The van der Waals surface area contributed by atoms with Gasteiger partial charge in [-0.2, -0.15) is 4.31 Å². The van der Waals surface area contributed by atoms with Crippen molar-refractivity contribution in [2.75, 3.05) is 32.8 Å². The molecule has 2 saturated heterocycles. The molecule has 49 heavy (non-hydrogen) atoms. The predicted molar refractivity (Wildman–Crippen MR) is 187 cm³/mol. The highest BCUT2D eigenvalue weighted by atomic mass is 32.2. The van der Waals surface area contributed by atoms with Crippen LogP contribution in [0.5, 0.6) is 11.5 Å². The fourth-order valence-corrected chi connectivity index (χ4v) is 9.81. The molecule has 6 rings (SSSR count). The van der Waals surface area contributed by atoms with Gasteiger partial charge in [0.1, 0.15) is 29.1 Å². The van der Waals surface area contributed by atoms with Crippen molar-refractivity contribution in [1.29, 1.82) is 0 Å². The average Bonchev–Trinajstić information content (AvgIpc) is 3.89. The third-order valence-electron chi connectivity index (χ3n) is 9.47. The van der Waals surface area contributed by atoms with Crippen LogP contribution < -0.4 is 20.5 Å². The Morgan fingerprint density at radius 2 is 1.71 bits per heavy atom. The summed E-state index contributed by atoms with van der Waals surface area (Å²) in [6, 6.07) is 19.5. The molecule has 0 amide bonds. The number of sulfonamides is 1. The summed E-state index contributed by atoms with van der Waals surface area (Å²) < 4.78 is 72.8. The zero-order valence-corrected chi connectivity index (χ0v) is 29.7. The maximum atomic E-state index is 14.1. The molecule has 3 aromatic carbocycles. The smallest absolute Gasteiger partial charge is 0.246 e. The maximum absolute atomic E-state index is 14.1. The molecular weight excluding hydrogens is 667 g/mol. The molecule has 13 heteroatoms. The van der Waals surface area contributed by atoms with Gasteiger partial charge in [0.2, 0.25) is 10.0 Å². The van der Waals surface area contributed by atoms with Gasteiger partial charge in [-0.05, 0) is 93.0 Å². The molecule has 3 aromatic rings. The lowest BCUT2D eigenvalue weighted by Gasteiger charge is -2.38. The number of hydrogen-bond acceptors (Lipinski definition) is 10. The van der Waals surface area contributed by atoms with E-state index in [1.165, 1.54) is 10.4 Å². The topological polar surface area (TPSA) is 157 Å². The zero-order chi connectivity index (χ0) is 34.8. The predicted octanol–water partition coefficient (Wildman–Crippen LogP) is 3.88. The van der Waals surface area contributed by atoms with Gasteiger partial charge in [-0.3, -0.25) is 0 Å². The van der Waals surface area contributed by atoms with E-state index in [4.69, 9.17) is 19.9 Å². The van der Waals surface area contributed by atoms with Gasteiger partial charge >= 0.3 is 0 Å². The molecule has 0 bridgehead atoms. The number of nitrogens with two attached hydrogens (primary N) is 1. The second kappa shape index (κ2) is 14.7. The summed E-state index contributed by atoms with van der Waals surface area (Å²) in [6.07, 6.45) is 2.17. The number of nitrogens with one attached hydrogen (secondary N) is 1. The van der Waals surface area contributed by atoms with Crippen LogP contribution in [-0.4, -0.2) is 88.2 Å². The van der Waals surface area contributed by atoms with Gasteiger partial charge in [0.15, 0.2) is 9.84 Å². The summed E-state index contributed by atoms with van der Waals surface area (Å²) in [5.74, 6) is 0.735. The van der Waals surface area contributed by atoms with Gasteiger partial charge in [-0.15, -0.1) is 0 Å². The quantitative estimate of drug-likeness (QED) is 0.224. The van der Waals surface area contributed by atoms with Crippen molar-refractivity contribution >= 4 is 19.9 Å². The Balaban J connectivity index is 1.03. The van der Waals surface area contributed by atoms with Crippen LogP contribution in [0.3, 0.4) is 0 Å². The molecule has 1 saturated carbocycles. The Labute approximate surface area is 289 Å². The van der Waals surface area contributed by atoms with E-state index in [0.717, 1.165) is 16.7 Å². The number of aliphatic hydroxyl groups excluding tert-OH is 1. The second-order valence-corrected chi connectivity index (χ2v) is 17.8. The van der Waals surface area contributed by atoms with E-state index < -0.39 is 31.6 Å². The fraction of sp³-hybridized carbons (Fsp3) is 0.500. The molecule has 0 radical (unpaired) electrons. The van der Waals surface area contributed by atoms with Crippen LogP contribution in [0.15, 0.2) is 76.5 Å². The summed E-state index contributed by atoms with van der Waals surface area (Å²) in [6.45, 7) is 5.55. The first-order chi connectivity index (χ1) is 23.4. The van der Waals surface area contributed by atoms with Crippen LogP contribution >= 0.6 is 0 Å². The standard InChI is InChI=1S/C36H47N3O8S2/c1-25(2)47-34-13-10-28(27-8-6-26(21-37)7-9-27)18-35(34)49(43,44)39-16-14-36(15-17-39)20-29(23-46-36)38-22-30(40)24-45-31-4-3-5-33(19-31)48(41,42)32-11-12-32/h3-10,13,18-19,25,29-30,32,38,40H,11-12,14-17,20-24,37H2,1-2H3/t29-,30-/m0/s1. The van der Waals surface area contributed by atoms with Crippen molar-refractivity contribution in [3.05, 3.63) is 72.3 Å². The minimum atomic E-state index is -3.87. The van der Waals surface area contributed by atoms with E-state index >= 15 is 0 Å². The number of benzene rings is 3. The molecule has 1 spiro atoms. The summed E-state index contributed by atoms with van der Waals surface area (Å²) in [7, 11) is -7.19. The number of nitrogens with zero attached hydrogens (tertiary/aromatic N) is 1. The van der Waals surface area contributed by atoms with Crippen molar-refractivity contribution in [3.63, 3.8) is 0 Å². The van der Waals surface area contributed by atoms with Crippen LogP contribution in [0.2, 0.25) is 0 Å². The molecule has 4 N–H and O–H groups in total. The lowest BCUT2D eigenvalue weighted by Crippen LogP contribution is -2.47. The number of rotatable bonds is 14. The Bertz CT molecular complexity index is 1820. The molecule has 11 nitrogen and oxygen atoms in total. The van der Waals surface area contributed by atoms with Crippen LogP contribution in [0.1, 0.15) is 51.5 Å². The number of hydrogen-bond donors (Lipinski definition) is 3. The first kappa shape index (κ1) is 35.8. The Morgan fingerprint density at radius 1 is 1.00 bits per heavy atom. The zero-order valence-electron chi connectivity index (χ0n) is 28.1. The van der Waals surface area contributed by atoms with E-state index in [2.05, 4.69) is 5.32 Å². The van der Waals surface area contributed by atoms with Crippen molar-refractivity contribution < 1.29 is 36.2 Å². The van der Waals surface area contributed by atoms with Gasteiger partial charge < -0.3 is 30.4 Å². The maximum Gasteiger partial charge on any atom is 0.246 e. The van der Waals surface area contributed by atoms with Gasteiger partial charge in [0.25, 0.3) is 0 Å². The largest absolute Gasteiger partial charge is 0.491 e. The molecule has 1 aliphatic carbocycles. The van der Waals surface area contributed by atoms with E-state index in [1.54, 1.807) is 30.3 Å². The summed E-state index contributed by atoms with van der Waals surface area (Å²) in [5, 5.41) is 13.7. The van der Waals surface area contributed by atoms with Crippen LogP contribution in [0, 0.1) is 0 Å². The van der Waals surface area contributed by atoms with Gasteiger partial charge in [0, 0.05) is 32.2 Å². The summed E-state index contributed by atoms with van der Waals surface area (Å²) in [5.41, 5.74) is 7.98. The molecule has 2 atom stereocenters. The molecule has 2 aliphatic heterocycles. The number of aliphatic hydroxyl groups is 1. The number of ether oxygens (including phenoxy) is 3. The van der Waals surface area contributed by atoms with Gasteiger partial charge in [-0.1, -0.05) is 36.4 Å². The third kappa shape index (κ3) is 8.30. The fourth-order valence-electron chi connectivity index (χ4n) is 6.54. The third-order valence-corrected chi connectivity index (χ3v) is 13.7. The molecular formula is C36H47N3O8S2. The SMILES string of the molecule is CC(C)Oc1ccc(-c2ccc(CN)cc2)cc1S(=O)(=O)N1CCC2(CC1)C[C@H](NC[C@H](O)COc1cccc(S(=O)(=O)C3CC3)c1)CO2. The van der Waals surface area contributed by atoms with Gasteiger partial charge in [-0.25, -0.2) is 16.8 Å². The van der Waals surface area contributed by atoms with Crippen molar-refractivity contribution in [2.24, 2.45) is 5.73 Å². The minimum absolute atomic E-state index is 0.00166. The van der Waals surface area contributed by atoms with Crippen LogP contribution in [0.25, 0.3) is 11.1 Å². The molecule has 266 valence electrons. The summed E-state index contributed by atoms with van der Waals surface area (Å²) in [4.78, 5) is 0.399. The molecule has 0 unspecified atom stereocenters. The first-order valence-electron chi connectivity index (χ1n) is 17.0.